The Balaban J connectivity index is 2.56. The fourth-order valence-corrected chi connectivity index (χ4v) is 2.96. The van der Waals surface area contributed by atoms with Crippen molar-refractivity contribution in [3.63, 3.8) is 0 Å². The van der Waals surface area contributed by atoms with Gasteiger partial charge in [-0.3, -0.25) is 0 Å². The molecule has 4 nitrogen and oxygen atoms in total. The Kier molecular flexibility index (Phi) is 3.74. The maximum Gasteiger partial charge on any atom is 0.242 e. The first kappa shape index (κ1) is 13.4. The average Bonchev–Trinajstić information content (AvgIpc) is 2.39. The van der Waals surface area contributed by atoms with Crippen LogP contribution in [0.15, 0.2) is 41.3 Å². The van der Waals surface area contributed by atoms with Gasteiger partial charge >= 0.3 is 0 Å². The molecule has 0 radical (unpaired) electrons. The van der Waals surface area contributed by atoms with Crippen molar-refractivity contribution in [1.29, 1.82) is 0 Å². The Hall–Kier alpha value is -2.03. The van der Waals surface area contributed by atoms with Gasteiger partial charge in [-0.2, -0.15) is 4.72 Å². The summed E-state index contributed by atoms with van der Waals surface area (Å²) in [4.78, 5) is 0.218. The molecular formula is C14H14N2O2S. The smallest absolute Gasteiger partial charge is 0.242 e. The number of benzene rings is 2. The lowest BCUT2D eigenvalue weighted by Crippen LogP contribution is -2.24. The first-order chi connectivity index (χ1) is 9.06. The van der Waals surface area contributed by atoms with Crippen LogP contribution < -0.4 is 10.5 Å². The summed E-state index contributed by atoms with van der Waals surface area (Å²) >= 11 is 0. The van der Waals surface area contributed by atoms with Gasteiger partial charge in [0.25, 0.3) is 0 Å². The zero-order chi connectivity index (χ0) is 13.9. The Labute approximate surface area is 112 Å². The van der Waals surface area contributed by atoms with Crippen LogP contribution in [-0.2, 0) is 10.0 Å². The average molecular weight is 274 g/mol. The molecule has 0 bridgehead atoms. The lowest BCUT2D eigenvalue weighted by atomic mass is 10.1. The molecule has 0 aliphatic heterocycles. The Morgan fingerprint density at radius 2 is 1.84 bits per heavy atom. The zero-order valence-corrected chi connectivity index (χ0v) is 11.3. The molecule has 98 valence electrons. The zero-order valence-electron chi connectivity index (χ0n) is 10.5. The predicted octanol–water partition coefficient (Wildman–Crippen LogP) is 1.72. The van der Waals surface area contributed by atoms with E-state index in [-0.39, 0.29) is 11.4 Å². The molecule has 0 aliphatic carbocycles. The molecule has 5 heteroatoms. The van der Waals surface area contributed by atoms with E-state index >= 15 is 0 Å². The van der Waals surface area contributed by atoms with Gasteiger partial charge in [-0.15, -0.1) is 5.92 Å². The summed E-state index contributed by atoms with van der Waals surface area (Å²) in [6.45, 7) is 1.75. The summed E-state index contributed by atoms with van der Waals surface area (Å²) in [6.07, 6.45) is 0. The summed E-state index contributed by atoms with van der Waals surface area (Å²) < 4.78 is 26.9. The number of nitrogen functional groups attached to an aromatic ring is 1. The summed E-state index contributed by atoms with van der Waals surface area (Å²) in [5.74, 6) is 5.31. The molecule has 0 saturated carbocycles. The summed E-state index contributed by atoms with van der Waals surface area (Å²) in [5, 5.41) is 1.34. The largest absolute Gasteiger partial charge is 0.398 e. The first-order valence-corrected chi connectivity index (χ1v) is 7.21. The van der Waals surface area contributed by atoms with Gasteiger partial charge < -0.3 is 5.73 Å². The Morgan fingerprint density at radius 3 is 2.53 bits per heavy atom. The molecule has 0 amide bonds. The quantitative estimate of drug-likeness (QED) is 0.661. The molecule has 0 atom stereocenters. The van der Waals surface area contributed by atoms with Crippen molar-refractivity contribution in [2.45, 2.75) is 11.8 Å². The number of anilines is 1. The van der Waals surface area contributed by atoms with E-state index in [1.165, 1.54) is 6.07 Å². The van der Waals surface area contributed by atoms with E-state index in [4.69, 9.17) is 5.73 Å². The minimum absolute atomic E-state index is 0.0948. The van der Waals surface area contributed by atoms with E-state index in [1.807, 2.05) is 6.07 Å². The first-order valence-electron chi connectivity index (χ1n) is 5.73. The normalized spacial score (nSPS) is 11.0. The minimum atomic E-state index is -3.58. The van der Waals surface area contributed by atoms with Crippen molar-refractivity contribution in [2.75, 3.05) is 12.3 Å². The fraction of sp³-hybridized carbons (Fsp3) is 0.143. The molecular weight excluding hydrogens is 260 g/mol. The molecule has 3 N–H and O–H groups in total. The van der Waals surface area contributed by atoms with Crippen LogP contribution in [0.1, 0.15) is 6.92 Å². The molecule has 0 heterocycles. The second-order valence-corrected chi connectivity index (χ2v) is 5.69. The standard InChI is InChI=1S/C14H14N2O2S/c1-2-3-10-16-19(17,18)14-9-8-13(15)11-6-4-5-7-12(11)14/h4-9,16H,10,15H2,1H3. The highest BCUT2D eigenvalue weighted by molar-refractivity contribution is 7.89. The van der Waals surface area contributed by atoms with E-state index in [0.29, 0.717) is 11.1 Å². The maximum atomic E-state index is 12.2. The van der Waals surface area contributed by atoms with Crippen LogP contribution in [0.25, 0.3) is 10.8 Å². The number of hydrogen-bond acceptors (Lipinski definition) is 3. The van der Waals surface area contributed by atoms with Crippen molar-refractivity contribution >= 4 is 26.5 Å². The Bertz CT molecular complexity index is 771. The summed E-state index contributed by atoms with van der Waals surface area (Å²) in [6, 6.07) is 10.3. The third-order valence-electron chi connectivity index (χ3n) is 2.73. The van der Waals surface area contributed by atoms with Gasteiger partial charge in [-0.1, -0.05) is 30.2 Å². The summed E-state index contributed by atoms with van der Waals surface area (Å²) in [5.41, 5.74) is 6.41. The van der Waals surface area contributed by atoms with Gasteiger partial charge in [0, 0.05) is 16.5 Å². The van der Waals surface area contributed by atoms with Crippen molar-refractivity contribution in [3.8, 4) is 11.8 Å². The molecule has 2 rings (SSSR count). The van der Waals surface area contributed by atoms with Crippen LogP contribution in [0.2, 0.25) is 0 Å². The van der Waals surface area contributed by atoms with E-state index in [1.54, 1.807) is 31.2 Å². The highest BCUT2D eigenvalue weighted by atomic mass is 32.2. The van der Waals surface area contributed by atoms with Crippen molar-refractivity contribution in [2.24, 2.45) is 0 Å². The highest BCUT2D eigenvalue weighted by Gasteiger charge is 2.17. The number of nitrogens with one attached hydrogen (secondary N) is 1. The molecule has 19 heavy (non-hydrogen) atoms. The second kappa shape index (κ2) is 5.31. The van der Waals surface area contributed by atoms with E-state index in [0.717, 1.165) is 5.39 Å². The van der Waals surface area contributed by atoms with Gasteiger partial charge in [0.05, 0.1) is 11.4 Å². The van der Waals surface area contributed by atoms with Gasteiger partial charge in [-0.25, -0.2) is 8.42 Å². The molecule has 0 saturated heterocycles. The third-order valence-corrected chi connectivity index (χ3v) is 4.19. The van der Waals surface area contributed by atoms with Crippen LogP contribution in [0.5, 0.6) is 0 Å². The number of sulfonamides is 1. The number of fused-ring (bicyclic) bond motifs is 1. The van der Waals surface area contributed by atoms with E-state index in [2.05, 4.69) is 16.6 Å². The Morgan fingerprint density at radius 1 is 1.16 bits per heavy atom. The van der Waals surface area contributed by atoms with E-state index in [9.17, 15) is 8.42 Å². The van der Waals surface area contributed by atoms with Crippen LogP contribution in [-0.4, -0.2) is 15.0 Å². The number of nitrogens with two attached hydrogens (primary N) is 1. The molecule has 0 aromatic heterocycles. The van der Waals surface area contributed by atoms with Crippen LogP contribution in [0.3, 0.4) is 0 Å². The molecule has 2 aromatic carbocycles. The van der Waals surface area contributed by atoms with Crippen LogP contribution >= 0.6 is 0 Å². The maximum absolute atomic E-state index is 12.2. The SMILES string of the molecule is CC#CCNS(=O)(=O)c1ccc(N)c2ccccc12. The molecule has 0 unspecified atom stereocenters. The second-order valence-electron chi connectivity index (χ2n) is 3.95. The third kappa shape index (κ3) is 2.70. The topological polar surface area (TPSA) is 72.2 Å². The highest BCUT2D eigenvalue weighted by Crippen LogP contribution is 2.27. The number of hydrogen-bond donors (Lipinski definition) is 2. The van der Waals surface area contributed by atoms with Crippen molar-refractivity contribution in [3.05, 3.63) is 36.4 Å². The lowest BCUT2D eigenvalue weighted by Gasteiger charge is -2.09. The molecule has 2 aromatic rings. The fourth-order valence-electron chi connectivity index (χ4n) is 1.83. The molecule has 0 aliphatic rings. The number of rotatable bonds is 3. The van der Waals surface area contributed by atoms with E-state index < -0.39 is 10.0 Å². The van der Waals surface area contributed by atoms with Gasteiger partial charge in [0.15, 0.2) is 0 Å². The molecule has 0 fully saturated rings. The van der Waals surface area contributed by atoms with Crippen LogP contribution in [0, 0.1) is 11.8 Å². The van der Waals surface area contributed by atoms with Gasteiger partial charge in [0.2, 0.25) is 10.0 Å². The minimum Gasteiger partial charge on any atom is -0.398 e. The van der Waals surface area contributed by atoms with Gasteiger partial charge in [0.1, 0.15) is 0 Å². The lowest BCUT2D eigenvalue weighted by molar-refractivity contribution is 0.587. The van der Waals surface area contributed by atoms with Crippen molar-refractivity contribution in [1.82, 2.24) is 4.72 Å². The summed E-state index contributed by atoms with van der Waals surface area (Å²) in [7, 11) is -3.58. The van der Waals surface area contributed by atoms with Crippen LogP contribution in [0.4, 0.5) is 5.69 Å². The van der Waals surface area contributed by atoms with Crippen molar-refractivity contribution < 1.29 is 8.42 Å². The molecule has 0 spiro atoms. The predicted molar refractivity (Wildman–Crippen MR) is 77.0 cm³/mol. The monoisotopic (exact) mass is 274 g/mol. The van der Waals surface area contributed by atoms with Gasteiger partial charge in [-0.05, 0) is 19.1 Å².